The topological polar surface area (TPSA) is 41.1 Å². The maximum Gasteiger partial charge on any atom is 0.243 e. The van der Waals surface area contributed by atoms with Crippen LogP contribution in [0.3, 0.4) is 0 Å². The molecule has 0 spiro atoms. The van der Waals surface area contributed by atoms with Gasteiger partial charge in [0.2, 0.25) is 5.91 Å². The van der Waals surface area contributed by atoms with Gasteiger partial charge in [0.1, 0.15) is 11.9 Å². The molecule has 116 valence electrons. The molecule has 1 amide bonds. The third-order valence-corrected chi connectivity index (χ3v) is 3.86. The number of para-hydroxylation sites is 1. The fraction of sp³-hybridized carbons (Fsp3) is 0.188. The van der Waals surface area contributed by atoms with Gasteiger partial charge in [-0.25, -0.2) is 4.39 Å². The molecule has 0 aromatic heterocycles. The first-order chi connectivity index (χ1) is 10.1. The highest BCUT2D eigenvalue weighted by Gasteiger charge is 2.26. The van der Waals surface area contributed by atoms with E-state index < -0.39 is 5.82 Å². The molecular weight excluding hydrogens is 326 g/mol. The quantitative estimate of drug-likeness (QED) is 0.896. The molecule has 1 aliphatic heterocycles. The maximum absolute atomic E-state index is 13.7. The van der Waals surface area contributed by atoms with Gasteiger partial charge in [0.25, 0.3) is 0 Å². The number of carbonyl (C=O) groups is 1. The Labute approximate surface area is 139 Å². The van der Waals surface area contributed by atoms with Crippen LogP contribution in [0.4, 0.5) is 10.1 Å². The number of halogens is 3. The van der Waals surface area contributed by atoms with Crippen LogP contribution in [0.1, 0.15) is 11.1 Å². The third-order valence-electron chi connectivity index (χ3n) is 3.57. The number of amides is 1. The largest absolute Gasteiger partial charge is 0.373 e. The lowest BCUT2D eigenvalue weighted by Gasteiger charge is -2.12. The lowest BCUT2D eigenvalue weighted by Crippen LogP contribution is -2.38. The molecular formula is C16H15Cl2FN2O. The number of hydrogen-bond acceptors (Lipinski definition) is 2. The van der Waals surface area contributed by atoms with E-state index in [2.05, 4.69) is 10.6 Å². The standard InChI is InChI=1S/C16H14ClFN2O.ClH/c17-12-6-3-5-11(15(12)18)9-19-16(21)14-8-10-4-1-2-7-13(10)20-14;/h1-7,14,20H,8-9H2,(H,19,21);1H/t14-;/m0./s1. The maximum atomic E-state index is 13.7. The van der Waals surface area contributed by atoms with Gasteiger partial charge in [-0.15, -0.1) is 12.4 Å². The van der Waals surface area contributed by atoms with E-state index in [1.54, 1.807) is 12.1 Å². The second-order valence-electron chi connectivity index (χ2n) is 4.99. The molecule has 0 fully saturated rings. The van der Waals surface area contributed by atoms with E-state index in [0.717, 1.165) is 11.3 Å². The van der Waals surface area contributed by atoms with Crippen molar-refractivity contribution in [1.82, 2.24) is 5.32 Å². The highest BCUT2D eigenvalue weighted by Crippen LogP contribution is 2.25. The summed E-state index contributed by atoms with van der Waals surface area (Å²) in [6.07, 6.45) is 0.639. The van der Waals surface area contributed by atoms with E-state index in [4.69, 9.17) is 11.6 Å². The SMILES string of the molecule is Cl.O=C(NCc1cccc(Cl)c1F)[C@@H]1Cc2ccccc2N1. The number of benzene rings is 2. The van der Waals surface area contributed by atoms with Crippen molar-refractivity contribution in [2.45, 2.75) is 19.0 Å². The van der Waals surface area contributed by atoms with Crippen LogP contribution in [0.15, 0.2) is 42.5 Å². The van der Waals surface area contributed by atoms with Crippen molar-refractivity contribution in [3.05, 3.63) is 64.4 Å². The van der Waals surface area contributed by atoms with Gasteiger partial charge in [0.05, 0.1) is 5.02 Å². The molecule has 1 heterocycles. The number of fused-ring (bicyclic) bond motifs is 1. The molecule has 2 aromatic rings. The lowest BCUT2D eigenvalue weighted by molar-refractivity contribution is -0.121. The van der Waals surface area contributed by atoms with E-state index in [0.29, 0.717) is 12.0 Å². The highest BCUT2D eigenvalue weighted by atomic mass is 35.5. The summed E-state index contributed by atoms with van der Waals surface area (Å²) in [6, 6.07) is 12.2. The molecule has 0 aliphatic carbocycles. The number of rotatable bonds is 3. The minimum Gasteiger partial charge on any atom is -0.373 e. The fourth-order valence-corrected chi connectivity index (χ4v) is 2.64. The Morgan fingerprint density at radius 3 is 2.82 bits per heavy atom. The Hall–Kier alpha value is -1.78. The van der Waals surface area contributed by atoms with Crippen LogP contribution < -0.4 is 10.6 Å². The normalized spacial score (nSPS) is 15.5. The molecule has 3 nitrogen and oxygen atoms in total. The van der Waals surface area contributed by atoms with Crippen molar-refractivity contribution in [3.8, 4) is 0 Å². The molecule has 2 N–H and O–H groups in total. The second-order valence-corrected chi connectivity index (χ2v) is 5.40. The molecule has 1 atom stereocenters. The molecule has 2 aromatic carbocycles. The van der Waals surface area contributed by atoms with Gasteiger partial charge in [0, 0.05) is 24.2 Å². The van der Waals surface area contributed by atoms with Crippen molar-refractivity contribution in [1.29, 1.82) is 0 Å². The minimum absolute atomic E-state index is 0. The zero-order valence-corrected chi connectivity index (χ0v) is 13.2. The smallest absolute Gasteiger partial charge is 0.243 e. The predicted molar refractivity (Wildman–Crippen MR) is 88.1 cm³/mol. The lowest BCUT2D eigenvalue weighted by atomic mass is 10.1. The van der Waals surface area contributed by atoms with Crippen LogP contribution in [0.5, 0.6) is 0 Å². The molecule has 6 heteroatoms. The van der Waals surface area contributed by atoms with Gasteiger partial charge in [0.15, 0.2) is 0 Å². The van der Waals surface area contributed by atoms with Crippen LogP contribution in [-0.2, 0) is 17.8 Å². The summed E-state index contributed by atoms with van der Waals surface area (Å²) >= 11 is 5.72. The summed E-state index contributed by atoms with van der Waals surface area (Å²) < 4.78 is 13.7. The van der Waals surface area contributed by atoms with E-state index in [1.165, 1.54) is 6.07 Å². The Kier molecular flexibility index (Phi) is 5.27. The van der Waals surface area contributed by atoms with E-state index >= 15 is 0 Å². The summed E-state index contributed by atoms with van der Waals surface area (Å²) in [5.41, 5.74) is 2.48. The van der Waals surface area contributed by atoms with E-state index in [9.17, 15) is 9.18 Å². The predicted octanol–water partition coefficient (Wildman–Crippen LogP) is 3.55. The Bertz CT molecular complexity index is 669. The van der Waals surface area contributed by atoms with Gasteiger partial charge < -0.3 is 10.6 Å². The first-order valence-electron chi connectivity index (χ1n) is 6.70. The molecule has 22 heavy (non-hydrogen) atoms. The average molecular weight is 341 g/mol. The molecule has 1 aliphatic rings. The van der Waals surface area contributed by atoms with Crippen molar-refractivity contribution in [2.24, 2.45) is 0 Å². The van der Waals surface area contributed by atoms with Gasteiger partial charge in [-0.05, 0) is 17.7 Å². The number of nitrogens with one attached hydrogen (secondary N) is 2. The molecule has 0 unspecified atom stereocenters. The van der Waals surface area contributed by atoms with E-state index in [1.807, 2.05) is 24.3 Å². The first-order valence-corrected chi connectivity index (χ1v) is 7.08. The van der Waals surface area contributed by atoms with Crippen LogP contribution in [0, 0.1) is 5.82 Å². The molecule has 3 rings (SSSR count). The third kappa shape index (κ3) is 3.34. The summed E-state index contributed by atoms with van der Waals surface area (Å²) in [5, 5.41) is 5.97. The monoisotopic (exact) mass is 340 g/mol. The van der Waals surface area contributed by atoms with Crippen LogP contribution in [0.25, 0.3) is 0 Å². The summed E-state index contributed by atoms with van der Waals surface area (Å²) in [7, 11) is 0. The number of hydrogen-bond donors (Lipinski definition) is 2. The fourth-order valence-electron chi connectivity index (χ4n) is 2.45. The minimum atomic E-state index is -0.484. The van der Waals surface area contributed by atoms with Gasteiger partial charge >= 0.3 is 0 Å². The van der Waals surface area contributed by atoms with Crippen LogP contribution in [0.2, 0.25) is 5.02 Å². The molecule has 0 radical (unpaired) electrons. The van der Waals surface area contributed by atoms with Crippen molar-refractivity contribution < 1.29 is 9.18 Å². The van der Waals surface area contributed by atoms with Crippen LogP contribution >= 0.6 is 24.0 Å². The Morgan fingerprint density at radius 1 is 1.27 bits per heavy atom. The Morgan fingerprint density at radius 2 is 2.05 bits per heavy atom. The van der Waals surface area contributed by atoms with Crippen molar-refractivity contribution in [3.63, 3.8) is 0 Å². The molecule has 0 bridgehead atoms. The van der Waals surface area contributed by atoms with Gasteiger partial charge in [-0.2, -0.15) is 0 Å². The summed E-state index contributed by atoms with van der Waals surface area (Å²) in [5.74, 6) is -0.632. The van der Waals surface area contributed by atoms with Crippen LogP contribution in [-0.4, -0.2) is 11.9 Å². The number of anilines is 1. The zero-order chi connectivity index (χ0) is 14.8. The molecule has 0 saturated heterocycles. The van der Waals surface area contributed by atoms with Crippen molar-refractivity contribution >= 4 is 35.6 Å². The van der Waals surface area contributed by atoms with E-state index in [-0.39, 0.29) is 35.9 Å². The number of carbonyl (C=O) groups excluding carboxylic acids is 1. The van der Waals surface area contributed by atoms with Gasteiger partial charge in [-0.1, -0.05) is 41.9 Å². The highest BCUT2D eigenvalue weighted by molar-refractivity contribution is 6.30. The van der Waals surface area contributed by atoms with Crippen molar-refractivity contribution in [2.75, 3.05) is 5.32 Å². The Balaban J connectivity index is 0.00000176. The summed E-state index contributed by atoms with van der Waals surface area (Å²) in [4.78, 5) is 12.2. The first kappa shape index (κ1) is 16.6. The molecule has 0 saturated carbocycles. The zero-order valence-electron chi connectivity index (χ0n) is 11.6. The average Bonchev–Trinajstić information content (AvgIpc) is 2.92. The second kappa shape index (κ2) is 6.99. The summed E-state index contributed by atoms with van der Waals surface area (Å²) in [6.45, 7) is 0.125. The van der Waals surface area contributed by atoms with Gasteiger partial charge in [-0.3, -0.25) is 4.79 Å².